The predicted octanol–water partition coefficient (Wildman–Crippen LogP) is 3.04. The average Bonchev–Trinajstić information content (AvgIpc) is 3.20. The quantitative estimate of drug-likeness (QED) is 0.724. The van der Waals surface area contributed by atoms with Gasteiger partial charge in [0.1, 0.15) is 5.76 Å². The largest absolute Gasteiger partial charge is 0.481 e. The van der Waals surface area contributed by atoms with Crippen molar-refractivity contribution in [2.45, 2.75) is 32.2 Å². The van der Waals surface area contributed by atoms with Gasteiger partial charge in [0.15, 0.2) is 0 Å². The molecular weight excluding hydrogens is 348 g/mol. The van der Waals surface area contributed by atoms with Crippen LogP contribution >= 0.6 is 0 Å². The highest BCUT2D eigenvalue weighted by Crippen LogP contribution is 2.31. The summed E-state index contributed by atoms with van der Waals surface area (Å²) in [4.78, 5) is 36.6. The van der Waals surface area contributed by atoms with E-state index in [0.29, 0.717) is 29.9 Å². The maximum Gasteiger partial charge on any atom is 0.307 e. The lowest BCUT2D eigenvalue weighted by Gasteiger charge is -2.27. The first kappa shape index (κ1) is 18.7. The first-order chi connectivity index (χ1) is 13.1. The number of carboxylic acids is 1. The molecule has 0 bridgehead atoms. The van der Waals surface area contributed by atoms with Crippen molar-refractivity contribution in [2.24, 2.45) is 11.8 Å². The van der Waals surface area contributed by atoms with Gasteiger partial charge >= 0.3 is 5.97 Å². The molecule has 2 amide bonds. The second-order valence-corrected chi connectivity index (χ2v) is 6.63. The highest BCUT2D eigenvalue weighted by molar-refractivity contribution is 6.04. The van der Waals surface area contributed by atoms with E-state index in [1.165, 1.54) is 6.26 Å². The molecule has 7 nitrogen and oxygen atoms in total. The Hall–Kier alpha value is -3.09. The van der Waals surface area contributed by atoms with Crippen LogP contribution in [0.3, 0.4) is 0 Å². The van der Waals surface area contributed by atoms with E-state index in [-0.39, 0.29) is 18.4 Å². The molecule has 0 radical (unpaired) electrons. The van der Waals surface area contributed by atoms with Crippen molar-refractivity contribution in [1.29, 1.82) is 0 Å². The van der Waals surface area contributed by atoms with Gasteiger partial charge in [0, 0.05) is 0 Å². The highest BCUT2D eigenvalue weighted by atomic mass is 16.4. The summed E-state index contributed by atoms with van der Waals surface area (Å²) in [5.74, 6) is -2.29. The van der Waals surface area contributed by atoms with Gasteiger partial charge in [0.25, 0.3) is 5.91 Å². The van der Waals surface area contributed by atoms with E-state index in [0.717, 1.165) is 12.8 Å². The molecule has 1 aliphatic carbocycles. The minimum atomic E-state index is -0.945. The van der Waals surface area contributed by atoms with Crippen LogP contribution in [0.25, 0.3) is 0 Å². The number of carbonyl (C=O) groups excluding carboxylic acids is 2. The second-order valence-electron chi connectivity index (χ2n) is 6.63. The lowest BCUT2D eigenvalue weighted by Crippen LogP contribution is -2.36. The molecule has 7 heteroatoms. The Morgan fingerprint density at radius 2 is 1.78 bits per heavy atom. The number of furan rings is 1. The van der Waals surface area contributed by atoms with Crippen LogP contribution < -0.4 is 10.6 Å². The first-order valence-electron chi connectivity index (χ1n) is 8.99. The Morgan fingerprint density at radius 1 is 1.04 bits per heavy atom. The Balaban J connectivity index is 1.70. The average molecular weight is 370 g/mol. The molecule has 3 rings (SSSR count). The van der Waals surface area contributed by atoms with Crippen LogP contribution in [-0.4, -0.2) is 22.9 Å². The monoisotopic (exact) mass is 370 g/mol. The van der Waals surface area contributed by atoms with Crippen LogP contribution in [0.4, 0.5) is 5.69 Å². The van der Waals surface area contributed by atoms with E-state index < -0.39 is 17.8 Å². The number of carboxylic acid groups (broad SMARTS) is 1. The van der Waals surface area contributed by atoms with Gasteiger partial charge in [-0.3, -0.25) is 14.4 Å². The third-order valence-electron chi connectivity index (χ3n) is 4.85. The van der Waals surface area contributed by atoms with Crippen molar-refractivity contribution in [3.05, 3.63) is 54.0 Å². The van der Waals surface area contributed by atoms with E-state index in [9.17, 15) is 19.5 Å². The summed E-state index contributed by atoms with van der Waals surface area (Å²) in [6, 6.07) is 10.2. The number of aliphatic carboxylic acids is 1. The molecule has 1 aromatic heterocycles. The maximum atomic E-state index is 12.7. The van der Waals surface area contributed by atoms with Gasteiger partial charge in [0.05, 0.1) is 35.9 Å². The molecule has 1 aliphatic rings. The van der Waals surface area contributed by atoms with Crippen molar-refractivity contribution < 1.29 is 23.9 Å². The number of rotatable bonds is 6. The van der Waals surface area contributed by atoms with Crippen molar-refractivity contribution in [3.8, 4) is 0 Å². The zero-order chi connectivity index (χ0) is 19.2. The molecule has 1 aromatic carbocycles. The third-order valence-corrected chi connectivity index (χ3v) is 4.85. The number of para-hydroxylation sites is 1. The predicted molar refractivity (Wildman–Crippen MR) is 98.0 cm³/mol. The van der Waals surface area contributed by atoms with Crippen molar-refractivity contribution >= 4 is 23.5 Å². The van der Waals surface area contributed by atoms with Crippen molar-refractivity contribution in [2.75, 3.05) is 5.32 Å². The molecule has 2 atom stereocenters. The van der Waals surface area contributed by atoms with Crippen LogP contribution in [0, 0.1) is 11.8 Å². The van der Waals surface area contributed by atoms with Gasteiger partial charge < -0.3 is 20.2 Å². The number of hydrogen-bond donors (Lipinski definition) is 3. The second kappa shape index (κ2) is 8.53. The van der Waals surface area contributed by atoms with Crippen LogP contribution in [0.1, 0.15) is 41.8 Å². The minimum Gasteiger partial charge on any atom is -0.481 e. The van der Waals surface area contributed by atoms with E-state index in [1.807, 2.05) is 0 Å². The fourth-order valence-corrected chi connectivity index (χ4v) is 3.43. The van der Waals surface area contributed by atoms with Crippen LogP contribution in [0.15, 0.2) is 47.1 Å². The molecule has 0 unspecified atom stereocenters. The maximum absolute atomic E-state index is 12.7. The molecule has 142 valence electrons. The van der Waals surface area contributed by atoms with Gasteiger partial charge in [-0.25, -0.2) is 0 Å². The van der Waals surface area contributed by atoms with E-state index >= 15 is 0 Å². The smallest absolute Gasteiger partial charge is 0.307 e. The Kier molecular flexibility index (Phi) is 5.90. The number of benzene rings is 1. The van der Waals surface area contributed by atoms with E-state index in [2.05, 4.69) is 10.6 Å². The van der Waals surface area contributed by atoms with Crippen LogP contribution in [0.5, 0.6) is 0 Å². The molecule has 1 fully saturated rings. The Morgan fingerprint density at radius 3 is 2.48 bits per heavy atom. The van der Waals surface area contributed by atoms with E-state index in [1.54, 1.807) is 36.4 Å². The normalized spacial score (nSPS) is 19.3. The topological polar surface area (TPSA) is 109 Å². The Labute approximate surface area is 156 Å². The van der Waals surface area contributed by atoms with E-state index in [4.69, 9.17) is 4.42 Å². The summed E-state index contributed by atoms with van der Waals surface area (Å²) in [5, 5.41) is 14.9. The summed E-state index contributed by atoms with van der Waals surface area (Å²) in [5.41, 5.74) is 0.689. The number of carbonyl (C=O) groups is 3. The van der Waals surface area contributed by atoms with Crippen molar-refractivity contribution in [3.63, 3.8) is 0 Å². The molecule has 1 heterocycles. The molecule has 3 N–H and O–H groups in total. The molecular formula is C20H22N2O5. The molecule has 2 aromatic rings. The molecule has 0 spiro atoms. The fourth-order valence-electron chi connectivity index (χ4n) is 3.43. The van der Waals surface area contributed by atoms with Crippen molar-refractivity contribution in [1.82, 2.24) is 5.32 Å². The standard InChI is InChI=1S/C20H22N2O5/c23-18(21-12-13-6-5-11-27-13)16-9-3-4-10-17(16)22-19(24)14-7-1-2-8-15(14)20(25)26/h3-6,9-11,14-15H,1-2,7-8,12H2,(H,21,23)(H,22,24)(H,25,26)/t14-,15-/m0/s1. The molecule has 0 saturated heterocycles. The summed E-state index contributed by atoms with van der Waals surface area (Å²) in [7, 11) is 0. The SMILES string of the molecule is O=C(NCc1ccco1)c1ccccc1NC(=O)[C@H]1CCCC[C@@H]1C(=O)O. The van der Waals surface area contributed by atoms with Gasteiger partial charge in [0.2, 0.25) is 5.91 Å². The van der Waals surface area contributed by atoms with Crippen LogP contribution in [-0.2, 0) is 16.1 Å². The van der Waals surface area contributed by atoms with Gasteiger partial charge in [-0.05, 0) is 37.1 Å². The molecule has 1 saturated carbocycles. The highest BCUT2D eigenvalue weighted by Gasteiger charge is 2.36. The number of nitrogens with one attached hydrogen (secondary N) is 2. The Bertz CT molecular complexity index is 816. The summed E-state index contributed by atoms with van der Waals surface area (Å²) in [6.45, 7) is 0.234. The van der Waals surface area contributed by atoms with Gasteiger partial charge in [-0.2, -0.15) is 0 Å². The first-order valence-corrected chi connectivity index (χ1v) is 8.99. The lowest BCUT2D eigenvalue weighted by molar-refractivity contribution is -0.147. The molecule has 0 aliphatic heterocycles. The number of amides is 2. The number of hydrogen-bond acceptors (Lipinski definition) is 4. The lowest BCUT2D eigenvalue weighted by atomic mass is 9.78. The van der Waals surface area contributed by atoms with Gasteiger partial charge in [-0.15, -0.1) is 0 Å². The third kappa shape index (κ3) is 4.55. The zero-order valence-electron chi connectivity index (χ0n) is 14.8. The number of anilines is 1. The zero-order valence-corrected chi connectivity index (χ0v) is 14.8. The van der Waals surface area contributed by atoms with Crippen LogP contribution in [0.2, 0.25) is 0 Å². The van der Waals surface area contributed by atoms with Gasteiger partial charge in [-0.1, -0.05) is 25.0 Å². The summed E-state index contributed by atoms with van der Waals surface area (Å²) < 4.78 is 5.19. The molecule has 27 heavy (non-hydrogen) atoms. The summed E-state index contributed by atoms with van der Waals surface area (Å²) in [6.07, 6.45) is 4.20. The summed E-state index contributed by atoms with van der Waals surface area (Å²) >= 11 is 0. The fraction of sp³-hybridized carbons (Fsp3) is 0.350. The minimum absolute atomic E-state index is 0.234.